The summed E-state index contributed by atoms with van der Waals surface area (Å²) < 4.78 is 52.6. The number of nitrogens with zero attached hydrogens (tertiary/aromatic N) is 3. The van der Waals surface area contributed by atoms with Crippen molar-refractivity contribution >= 4 is 5.91 Å². The molecular weight excluding hydrogens is 388 g/mol. The van der Waals surface area contributed by atoms with Gasteiger partial charge in [-0.1, -0.05) is 26.0 Å². The molecule has 2 heterocycles. The number of benzene rings is 1. The maximum Gasteiger partial charge on any atom is 0.417 e. The number of aromatic nitrogens is 3. The monoisotopic (exact) mass is 406 g/mol. The largest absolute Gasteiger partial charge is 0.417 e. The van der Waals surface area contributed by atoms with Crippen LogP contribution < -0.4 is 5.32 Å². The standard InChI is InChI=1S/C20H18F4N4O/c1-12(2)18-16(19(29)26-9-13-3-6-15(21)7-4-13)11-27-28(18)17-8-5-14(10-25-17)20(22,23)24/h3-8,10-12H,9H2,1-2H3,(H,26,29). The number of pyridine rings is 1. The Hall–Kier alpha value is -3.23. The van der Waals surface area contributed by atoms with Crippen LogP contribution in [0.15, 0.2) is 48.8 Å². The molecule has 3 aromatic rings. The summed E-state index contributed by atoms with van der Waals surface area (Å²) in [5.74, 6) is -0.726. The van der Waals surface area contributed by atoms with Crippen LogP contribution in [0.3, 0.4) is 0 Å². The molecule has 0 atom stereocenters. The zero-order valence-corrected chi connectivity index (χ0v) is 15.7. The molecule has 0 aliphatic rings. The molecule has 9 heteroatoms. The van der Waals surface area contributed by atoms with Crippen LogP contribution in [0.25, 0.3) is 5.82 Å². The normalized spacial score (nSPS) is 11.7. The van der Waals surface area contributed by atoms with Crippen LogP contribution in [0.5, 0.6) is 0 Å². The molecule has 0 saturated heterocycles. The van der Waals surface area contributed by atoms with E-state index in [-0.39, 0.29) is 24.1 Å². The molecular formula is C20H18F4N4O. The van der Waals surface area contributed by atoms with E-state index in [2.05, 4.69) is 15.4 Å². The Bertz CT molecular complexity index is 993. The molecule has 5 nitrogen and oxygen atoms in total. The molecule has 2 aromatic heterocycles. The number of hydrogen-bond donors (Lipinski definition) is 1. The van der Waals surface area contributed by atoms with Crippen LogP contribution in [0.2, 0.25) is 0 Å². The van der Waals surface area contributed by atoms with Gasteiger partial charge in [0.25, 0.3) is 5.91 Å². The molecule has 0 fully saturated rings. The first-order valence-electron chi connectivity index (χ1n) is 8.81. The van der Waals surface area contributed by atoms with E-state index in [0.717, 1.165) is 17.8 Å². The van der Waals surface area contributed by atoms with Gasteiger partial charge >= 0.3 is 6.18 Å². The lowest BCUT2D eigenvalue weighted by Crippen LogP contribution is -2.24. The van der Waals surface area contributed by atoms with E-state index in [0.29, 0.717) is 11.3 Å². The van der Waals surface area contributed by atoms with Gasteiger partial charge < -0.3 is 5.32 Å². The lowest BCUT2D eigenvalue weighted by molar-refractivity contribution is -0.137. The first-order chi connectivity index (χ1) is 13.7. The van der Waals surface area contributed by atoms with E-state index in [9.17, 15) is 22.4 Å². The van der Waals surface area contributed by atoms with Crippen LogP contribution in [0, 0.1) is 5.82 Å². The van der Waals surface area contributed by atoms with E-state index >= 15 is 0 Å². The summed E-state index contributed by atoms with van der Waals surface area (Å²) in [6, 6.07) is 7.86. The summed E-state index contributed by atoms with van der Waals surface area (Å²) in [5.41, 5.74) is 0.678. The fourth-order valence-electron chi connectivity index (χ4n) is 2.83. The lowest BCUT2D eigenvalue weighted by Gasteiger charge is -2.13. The Morgan fingerprint density at radius 3 is 2.34 bits per heavy atom. The van der Waals surface area contributed by atoms with Crippen LogP contribution in [0.4, 0.5) is 17.6 Å². The third-order valence-corrected chi connectivity index (χ3v) is 4.26. The number of alkyl halides is 3. The maximum atomic E-state index is 13.0. The average molecular weight is 406 g/mol. The highest BCUT2D eigenvalue weighted by atomic mass is 19.4. The van der Waals surface area contributed by atoms with E-state index in [1.165, 1.54) is 29.1 Å². The second-order valence-corrected chi connectivity index (χ2v) is 6.72. The molecule has 1 aromatic carbocycles. The minimum absolute atomic E-state index is 0.145. The SMILES string of the molecule is CC(C)c1c(C(=O)NCc2ccc(F)cc2)cnn1-c1ccc(C(F)(F)F)cn1. The van der Waals surface area contributed by atoms with Gasteiger partial charge in [0.2, 0.25) is 0 Å². The number of amides is 1. The number of rotatable bonds is 5. The van der Waals surface area contributed by atoms with Gasteiger partial charge in [0.05, 0.1) is 23.0 Å². The highest BCUT2D eigenvalue weighted by molar-refractivity contribution is 5.95. The van der Waals surface area contributed by atoms with E-state index in [1.807, 2.05) is 13.8 Å². The second-order valence-electron chi connectivity index (χ2n) is 6.72. The topological polar surface area (TPSA) is 59.8 Å². The third kappa shape index (κ3) is 4.61. The van der Waals surface area contributed by atoms with Crippen molar-refractivity contribution in [1.82, 2.24) is 20.1 Å². The van der Waals surface area contributed by atoms with Gasteiger partial charge in [-0.05, 0) is 35.7 Å². The molecule has 1 amide bonds. The Morgan fingerprint density at radius 2 is 1.79 bits per heavy atom. The van der Waals surface area contributed by atoms with Gasteiger partial charge in [0.15, 0.2) is 5.82 Å². The zero-order chi connectivity index (χ0) is 21.2. The van der Waals surface area contributed by atoms with Gasteiger partial charge in [-0.25, -0.2) is 14.1 Å². The van der Waals surface area contributed by atoms with Crippen LogP contribution in [-0.2, 0) is 12.7 Å². The first kappa shape index (κ1) is 20.5. The van der Waals surface area contributed by atoms with Gasteiger partial charge in [-0.2, -0.15) is 18.3 Å². The minimum atomic E-state index is -4.48. The van der Waals surface area contributed by atoms with Crippen molar-refractivity contribution < 1.29 is 22.4 Å². The van der Waals surface area contributed by atoms with Crippen molar-refractivity contribution in [2.24, 2.45) is 0 Å². The molecule has 0 aliphatic carbocycles. The molecule has 0 radical (unpaired) electrons. The first-order valence-corrected chi connectivity index (χ1v) is 8.81. The van der Waals surface area contributed by atoms with Crippen molar-refractivity contribution in [2.45, 2.75) is 32.5 Å². The summed E-state index contributed by atoms with van der Waals surface area (Å²) in [6.07, 6.45) is -2.40. The van der Waals surface area contributed by atoms with Crippen molar-refractivity contribution in [3.63, 3.8) is 0 Å². The van der Waals surface area contributed by atoms with Gasteiger partial charge in [-0.15, -0.1) is 0 Å². The van der Waals surface area contributed by atoms with E-state index in [4.69, 9.17) is 0 Å². The van der Waals surface area contributed by atoms with Gasteiger partial charge in [0, 0.05) is 12.7 Å². The summed E-state index contributed by atoms with van der Waals surface area (Å²) in [5, 5.41) is 6.89. The Labute approximate surface area is 164 Å². The van der Waals surface area contributed by atoms with Crippen molar-refractivity contribution in [3.05, 3.63) is 77.0 Å². The number of hydrogen-bond acceptors (Lipinski definition) is 3. The Morgan fingerprint density at radius 1 is 1.10 bits per heavy atom. The fraction of sp³-hybridized carbons (Fsp3) is 0.250. The predicted octanol–water partition coefficient (Wildman–Crippen LogP) is 4.48. The molecule has 0 saturated carbocycles. The minimum Gasteiger partial charge on any atom is -0.348 e. The number of nitrogens with one attached hydrogen (secondary N) is 1. The number of carbonyl (C=O) groups excluding carboxylic acids is 1. The number of halogens is 4. The fourth-order valence-corrected chi connectivity index (χ4v) is 2.83. The van der Waals surface area contributed by atoms with E-state index in [1.54, 1.807) is 12.1 Å². The summed E-state index contributed by atoms with van der Waals surface area (Å²) in [7, 11) is 0. The highest BCUT2D eigenvalue weighted by Crippen LogP contribution is 2.29. The summed E-state index contributed by atoms with van der Waals surface area (Å²) in [4.78, 5) is 16.5. The maximum absolute atomic E-state index is 13.0. The van der Waals surface area contributed by atoms with Crippen molar-refractivity contribution in [2.75, 3.05) is 0 Å². The van der Waals surface area contributed by atoms with Crippen LogP contribution in [-0.4, -0.2) is 20.7 Å². The molecule has 29 heavy (non-hydrogen) atoms. The quantitative estimate of drug-likeness (QED) is 0.636. The van der Waals surface area contributed by atoms with Gasteiger partial charge in [-0.3, -0.25) is 4.79 Å². The highest BCUT2D eigenvalue weighted by Gasteiger charge is 2.31. The molecule has 152 valence electrons. The molecule has 0 aliphatic heterocycles. The summed E-state index contributed by atoms with van der Waals surface area (Å²) >= 11 is 0. The molecule has 3 rings (SSSR count). The molecule has 0 unspecified atom stereocenters. The predicted molar refractivity (Wildman–Crippen MR) is 98.0 cm³/mol. The van der Waals surface area contributed by atoms with Gasteiger partial charge in [0.1, 0.15) is 5.82 Å². The Kier molecular flexibility index (Phi) is 5.67. The molecule has 0 bridgehead atoms. The average Bonchev–Trinajstić information content (AvgIpc) is 3.12. The third-order valence-electron chi connectivity index (χ3n) is 4.26. The Balaban J connectivity index is 1.84. The zero-order valence-electron chi connectivity index (χ0n) is 15.7. The second kappa shape index (κ2) is 8.02. The van der Waals surface area contributed by atoms with Crippen molar-refractivity contribution in [1.29, 1.82) is 0 Å². The van der Waals surface area contributed by atoms with Crippen molar-refractivity contribution in [3.8, 4) is 5.82 Å². The number of carbonyl (C=O) groups is 1. The molecule has 1 N–H and O–H groups in total. The van der Waals surface area contributed by atoms with E-state index < -0.39 is 17.6 Å². The lowest BCUT2D eigenvalue weighted by atomic mass is 10.1. The molecule has 0 spiro atoms. The smallest absolute Gasteiger partial charge is 0.348 e. The summed E-state index contributed by atoms with van der Waals surface area (Å²) in [6.45, 7) is 3.88. The van der Waals surface area contributed by atoms with Crippen LogP contribution in [0.1, 0.15) is 46.9 Å². The van der Waals surface area contributed by atoms with Crippen LogP contribution >= 0.6 is 0 Å².